The van der Waals surface area contributed by atoms with Crippen LogP contribution in [0, 0.1) is 0 Å². The second-order valence-corrected chi connectivity index (χ2v) is 9.21. The Morgan fingerprint density at radius 1 is 0.875 bits per heavy atom. The number of nitrogens with zero attached hydrogens (tertiary/aromatic N) is 1. The molecule has 1 aliphatic heterocycles. The molecule has 0 saturated carbocycles. The number of hydrogen-bond acceptors (Lipinski definition) is 7. The van der Waals surface area contributed by atoms with Gasteiger partial charge in [0, 0.05) is 25.8 Å². The van der Waals surface area contributed by atoms with E-state index in [0.29, 0.717) is 61.2 Å². The summed E-state index contributed by atoms with van der Waals surface area (Å²) < 4.78 is 22.6. The van der Waals surface area contributed by atoms with E-state index < -0.39 is 17.7 Å². The summed E-state index contributed by atoms with van der Waals surface area (Å²) in [6.45, 7) is 5.71. The molecule has 4 rings (SSSR count). The molecule has 0 aromatic heterocycles. The van der Waals surface area contributed by atoms with E-state index in [1.165, 1.54) is 4.90 Å². The molecule has 8 nitrogen and oxygen atoms in total. The van der Waals surface area contributed by atoms with Gasteiger partial charge in [-0.15, -0.1) is 0 Å². The van der Waals surface area contributed by atoms with Crippen molar-refractivity contribution in [2.24, 2.45) is 0 Å². The predicted molar refractivity (Wildman–Crippen MR) is 151 cm³/mol. The number of ether oxygens (including phenoxy) is 4. The first-order valence-electron chi connectivity index (χ1n) is 13.4. The Bertz CT molecular complexity index is 1340. The largest absolute Gasteiger partial charge is 0.507 e. The molecular weight excluding hydrogens is 510 g/mol. The van der Waals surface area contributed by atoms with E-state index in [9.17, 15) is 14.7 Å². The van der Waals surface area contributed by atoms with Crippen LogP contribution in [0.3, 0.4) is 0 Å². The van der Waals surface area contributed by atoms with Crippen molar-refractivity contribution in [3.63, 3.8) is 0 Å². The van der Waals surface area contributed by atoms with E-state index in [4.69, 9.17) is 18.9 Å². The van der Waals surface area contributed by atoms with E-state index >= 15 is 0 Å². The fourth-order valence-corrected chi connectivity index (χ4v) is 4.69. The second kappa shape index (κ2) is 13.7. The van der Waals surface area contributed by atoms with Crippen molar-refractivity contribution in [3.05, 3.63) is 95.1 Å². The smallest absolute Gasteiger partial charge is 0.295 e. The lowest BCUT2D eigenvalue weighted by atomic mass is 9.95. The Balaban J connectivity index is 1.74. The number of aliphatic hydroxyl groups is 1. The number of benzene rings is 3. The van der Waals surface area contributed by atoms with Crippen molar-refractivity contribution in [3.8, 4) is 17.2 Å². The molecule has 40 heavy (non-hydrogen) atoms. The van der Waals surface area contributed by atoms with Crippen molar-refractivity contribution in [1.82, 2.24) is 4.90 Å². The van der Waals surface area contributed by atoms with Crippen molar-refractivity contribution < 1.29 is 33.6 Å². The highest BCUT2D eigenvalue weighted by molar-refractivity contribution is 6.46. The third-order valence-electron chi connectivity index (χ3n) is 6.55. The van der Waals surface area contributed by atoms with E-state index in [1.807, 2.05) is 44.2 Å². The van der Waals surface area contributed by atoms with Gasteiger partial charge in [-0.1, -0.05) is 36.4 Å². The van der Waals surface area contributed by atoms with Gasteiger partial charge >= 0.3 is 0 Å². The number of ketones is 1. The Kier molecular flexibility index (Phi) is 9.81. The van der Waals surface area contributed by atoms with Crippen LogP contribution in [-0.2, 0) is 20.9 Å². The van der Waals surface area contributed by atoms with Crippen LogP contribution < -0.4 is 14.2 Å². The molecule has 0 spiro atoms. The Labute approximate surface area is 234 Å². The third-order valence-corrected chi connectivity index (χ3v) is 6.55. The number of Topliss-reactive ketones (excluding diaryl/α,β-unsaturated/α-hetero) is 1. The minimum atomic E-state index is -0.814. The van der Waals surface area contributed by atoms with Crippen LogP contribution >= 0.6 is 0 Å². The molecule has 0 radical (unpaired) electrons. The van der Waals surface area contributed by atoms with Gasteiger partial charge < -0.3 is 29.0 Å². The topological polar surface area (TPSA) is 94.5 Å². The molecule has 1 heterocycles. The zero-order valence-corrected chi connectivity index (χ0v) is 23.1. The average Bonchev–Trinajstić information content (AvgIpc) is 3.22. The summed E-state index contributed by atoms with van der Waals surface area (Å²) in [7, 11) is 1.58. The van der Waals surface area contributed by atoms with Crippen molar-refractivity contribution in [2.75, 3.05) is 33.5 Å². The number of hydrogen-bond donors (Lipinski definition) is 1. The van der Waals surface area contributed by atoms with Crippen LogP contribution in [0.2, 0.25) is 0 Å². The molecular formula is C32H35NO7. The Hall–Kier alpha value is -4.30. The summed E-state index contributed by atoms with van der Waals surface area (Å²) in [6.07, 6.45) is 0.527. The van der Waals surface area contributed by atoms with Gasteiger partial charge in [-0.3, -0.25) is 9.59 Å². The van der Waals surface area contributed by atoms with Gasteiger partial charge in [-0.2, -0.15) is 0 Å². The van der Waals surface area contributed by atoms with Crippen LogP contribution in [0.15, 0.2) is 78.4 Å². The maximum atomic E-state index is 13.3. The maximum Gasteiger partial charge on any atom is 0.295 e. The lowest BCUT2D eigenvalue weighted by Gasteiger charge is -2.26. The number of aliphatic hydroxyl groups excluding tert-OH is 1. The fourth-order valence-electron chi connectivity index (χ4n) is 4.69. The normalized spacial score (nSPS) is 16.3. The molecule has 1 fully saturated rings. The van der Waals surface area contributed by atoms with Crippen molar-refractivity contribution in [2.45, 2.75) is 32.9 Å². The maximum absolute atomic E-state index is 13.3. The minimum Gasteiger partial charge on any atom is -0.507 e. The average molecular weight is 546 g/mol. The molecule has 8 heteroatoms. The summed E-state index contributed by atoms with van der Waals surface area (Å²) in [5.74, 6) is 0.00923. The monoisotopic (exact) mass is 545 g/mol. The molecule has 210 valence electrons. The predicted octanol–water partition coefficient (Wildman–Crippen LogP) is 5.52. The van der Waals surface area contributed by atoms with Gasteiger partial charge in [0.05, 0.1) is 24.8 Å². The molecule has 1 unspecified atom stereocenters. The van der Waals surface area contributed by atoms with Gasteiger partial charge in [-0.25, -0.2) is 0 Å². The summed E-state index contributed by atoms with van der Waals surface area (Å²) in [4.78, 5) is 28.0. The molecule has 1 saturated heterocycles. The lowest BCUT2D eigenvalue weighted by molar-refractivity contribution is -0.140. The molecule has 0 bridgehead atoms. The van der Waals surface area contributed by atoms with E-state index in [0.717, 1.165) is 5.56 Å². The summed E-state index contributed by atoms with van der Waals surface area (Å²) in [6, 6.07) is 21.1. The van der Waals surface area contributed by atoms with E-state index in [2.05, 4.69) is 0 Å². The van der Waals surface area contributed by atoms with Crippen molar-refractivity contribution in [1.29, 1.82) is 0 Å². The van der Waals surface area contributed by atoms with Gasteiger partial charge in [0.2, 0.25) is 0 Å². The molecule has 0 aliphatic carbocycles. The van der Waals surface area contributed by atoms with Crippen LogP contribution in [0.4, 0.5) is 0 Å². The molecule has 1 aliphatic rings. The van der Waals surface area contributed by atoms with Gasteiger partial charge in [0.15, 0.2) is 11.5 Å². The van der Waals surface area contributed by atoms with Crippen LogP contribution in [0.5, 0.6) is 17.2 Å². The van der Waals surface area contributed by atoms with E-state index in [-0.39, 0.29) is 17.9 Å². The summed E-state index contributed by atoms with van der Waals surface area (Å²) in [5.41, 5.74) is 2.07. The summed E-state index contributed by atoms with van der Waals surface area (Å²) in [5, 5.41) is 11.3. The van der Waals surface area contributed by atoms with Crippen molar-refractivity contribution >= 4 is 17.4 Å². The Morgan fingerprint density at radius 2 is 1.60 bits per heavy atom. The Morgan fingerprint density at radius 3 is 2.27 bits per heavy atom. The fraction of sp³-hybridized carbons (Fsp3) is 0.312. The molecule has 3 aromatic carbocycles. The molecule has 1 N–H and O–H groups in total. The number of carbonyl (C=O) groups excluding carboxylic acids is 2. The van der Waals surface area contributed by atoms with Crippen LogP contribution in [0.25, 0.3) is 5.76 Å². The highest BCUT2D eigenvalue weighted by atomic mass is 16.5. The first-order valence-corrected chi connectivity index (χ1v) is 13.4. The number of amides is 1. The third kappa shape index (κ3) is 6.46. The zero-order chi connectivity index (χ0) is 28.5. The van der Waals surface area contributed by atoms with Gasteiger partial charge in [-0.05, 0) is 67.8 Å². The molecule has 1 atom stereocenters. The minimum absolute atomic E-state index is 0.0204. The SMILES string of the molecule is CCOc1ccc(/C(O)=C2\C(=O)C(=O)N(CCCOC)C2c2ccc(OCc3ccccc3)c(OCC)c2)cc1. The number of carbonyl (C=O) groups is 2. The standard InChI is InChI=1S/C32H35NO7/c1-4-38-25-15-12-23(13-16-25)30(34)28-29(33(18-9-19-37-3)32(36)31(28)35)24-14-17-26(27(20-24)39-5-2)40-21-22-10-7-6-8-11-22/h6-8,10-17,20,29,34H,4-5,9,18-19,21H2,1-3H3/b30-28+. The highest BCUT2D eigenvalue weighted by Gasteiger charge is 2.46. The first kappa shape index (κ1) is 28.7. The van der Waals surface area contributed by atoms with Gasteiger partial charge in [0.1, 0.15) is 18.1 Å². The highest BCUT2D eigenvalue weighted by Crippen LogP contribution is 2.42. The number of rotatable bonds is 13. The molecule has 1 amide bonds. The van der Waals surface area contributed by atoms with Crippen LogP contribution in [0.1, 0.15) is 43.0 Å². The number of likely N-dealkylation sites (tertiary alicyclic amines) is 1. The number of methoxy groups -OCH3 is 1. The second-order valence-electron chi connectivity index (χ2n) is 9.21. The quantitative estimate of drug-likeness (QED) is 0.131. The van der Waals surface area contributed by atoms with Gasteiger partial charge in [0.25, 0.3) is 11.7 Å². The van der Waals surface area contributed by atoms with E-state index in [1.54, 1.807) is 49.6 Å². The summed E-state index contributed by atoms with van der Waals surface area (Å²) >= 11 is 0. The zero-order valence-electron chi connectivity index (χ0n) is 23.1. The first-order chi connectivity index (χ1) is 19.5. The van der Waals surface area contributed by atoms with Crippen LogP contribution in [-0.4, -0.2) is 55.2 Å². The lowest BCUT2D eigenvalue weighted by Crippen LogP contribution is -2.31. The molecule has 3 aromatic rings.